The van der Waals surface area contributed by atoms with Crippen molar-refractivity contribution in [2.45, 2.75) is 12.3 Å². The Bertz CT molecular complexity index is 1430. The second-order valence-electron chi connectivity index (χ2n) is 9.92. The Balaban J connectivity index is 1.43. The lowest BCUT2D eigenvalue weighted by molar-refractivity contribution is 1.32. The molecule has 6 aromatic rings. The third kappa shape index (κ3) is 6.48. The lowest BCUT2D eigenvalue weighted by Crippen LogP contribution is -2.14. The predicted molar refractivity (Wildman–Crippen MR) is 177 cm³/mol. The van der Waals surface area contributed by atoms with E-state index >= 15 is 0 Å². The van der Waals surface area contributed by atoms with E-state index < -0.39 is 15.8 Å². The molecule has 6 rings (SSSR count). The lowest BCUT2D eigenvalue weighted by atomic mass is 10.0. The second kappa shape index (κ2) is 13.0. The average Bonchev–Trinajstić information content (AvgIpc) is 3.04. The molecule has 0 radical (unpaired) electrons. The smallest absolute Gasteiger partial charge is 0.000775 e. The van der Waals surface area contributed by atoms with E-state index in [1.54, 1.807) is 0 Å². The fraction of sp³-hybridized carbons (Fsp3) is 0.0526. The number of hydrogen-bond donors (Lipinski definition) is 0. The lowest BCUT2D eigenvalue weighted by Gasteiger charge is -2.22. The number of benzene rings is 6. The normalized spacial score (nSPS) is 11.2. The first-order valence-corrected chi connectivity index (χ1v) is 16.8. The van der Waals surface area contributed by atoms with Gasteiger partial charge in [0.05, 0.1) is 0 Å². The summed E-state index contributed by atoms with van der Waals surface area (Å²) in [4.78, 5) is 0. The van der Waals surface area contributed by atoms with Crippen molar-refractivity contribution in [1.82, 2.24) is 0 Å². The molecule has 2 heteroatoms. The number of rotatable bonds is 9. The van der Waals surface area contributed by atoms with E-state index in [0.29, 0.717) is 0 Å². The minimum Gasteiger partial charge on any atom is -0.0622 e. The van der Waals surface area contributed by atoms with Crippen molar-refractivity contribution >= 4 is 37.1 Å². The van der Waals surface area contributed by atoms with Crippen molar-refractivity contribution in [1.29, 1.82) is 0 Å². The average molecular weight is 551 g/mol. The van der Waals surface area contributed by atoms with E-state index in [-0.39, 0.29) is 0 Å². The SMILES string of the molecule is c1ccc(-c2cc(CP(c3ccccc3)c3ccccc3)cc(CP(c3ccccc3)c3ccccc3)c2)cc1. The largest absolute Gasteiger partial charge is 0.0622 e. The predicted octanol–water partition coefficient (Wildman–Crippen LogP) is 8.62. The fourth-order valence-electron chi connectivity index (χ4n) is 5.20. The van der Waals surface area contributed by atoms with Crippen LogP contribution in [0, 0.1) is 0 Å². The minimum absolute atomic E-state index is 0.524. The second-order valence-corrected chi connectivity index (χ2v) is 14.3. The van der Waals surface area contributed by atoms with E-state index in [0.717, 1.165) is 12.3 Å². The molecule has 0 bridgehead atoms. The molecule has 0 aliphatic rings. The maximum Gasteiger partial charge on any atom is 0.000775 e. The molecule has 6 aromatic carbocycles. The first-order chi connectivity index (χ1) is 19.8. The highest BCUT2D eigenvalue weighted by Gasteiger charge is 2.18. The Labute approximate surface area is 240 Å². The van der Waals surface area contributed by atoms with Crippen LogP contribution >= 0.6 is 15.8 Å². The highest BCUT2D eigenvalue weighted by molar-refractivity contribution is 7.72. The van der Waals surface area contributed by atoms with Gasteiger partial charge in [0.2, 0.25) is 0 Å². The Kier molecular flexibility index (Phi) is 8.60. The molecule has 0 unspecified atom stereocenters. The van der Waals surface area contributed by atoms with E-state index in [9.17, 15) is 0 Å². The molecule has 0 nitrogen and oxygen atoms in total. The third-order valence-electron chi connectivity index (χ3n) is 7.11. The van der Waals surface area contributed by atoms with Gasteiger partial charge >= 0.3 is 0 Å². The van der Waals surface area contributed by atoms with Crippen LogP contribution < -0.4 is 21.2 Å². The van der Waals surface area contributed by atoms with Crippen molar-refractivity contribution in [2.24, 2.45) is 0 Å². The summed E-state index contributed by atoms with van der Waals surface area (Å²) in [5, 5.41) is 5.69. The topological polar surface area (TPSA) is 0 Å². The van der Waals surface area contributed by atoms with Crippen LogP contribution in [0.4, 0.5) is 0 Å². The molecule has 0 fully saturated rings. The molecule has 40 heavy (non-hydrogen) atoms. The highest BCUT2D eigenvalue weighted by Crippen LogP contribution is 2.42. The van der Waals surface area contributed by atoms with Gasteiger partial charge in [-0.25, -0.2) is 0 Å². The molecule has 0 aromatic heterocycles. The quantitative estimate of drug-likeness (QED) is 0.158. The van der Waals surface area contributed by atoms with E-state index in [2.05, 4.69) is 170 Å². The van der Waals surface area contributed by atoms with Gasteiger partial charge in [-0.3, -0.25) is 0 Å². The van der Waals surface area contributed by atoms with Gasteiger partial charge in [-0.2, -0.15) is 0 Å². The van der Waals surface area contributed by atoms with Crippen LogP contribution in [0.1, 0.15) is 11.1 Å². The Morgan fingerprint density at radius 2 is 0.600 bits per heavy atom. The summed E-state index contributed by atoms with van der Waals surface area (Å²) in [5.74, 6) is 0. The fourth-order valence-corrected chi connectivity index (χ4v) is 9.75. The summed E-state index contributed by atoms with van der Waals surface area (Å²) < 4.78 is 0. The van der Waals surface area contributed by atoms with Crippen LogP contribution in [-0.4, -0.2) is 0 Å². The van der Waals surface area contributed by atoms with Crippen LogP contribution in [0.25, 0.3) is 11.1 Å². The summed E-state index contributed by atoms with van der Waals surface area (Å²) in [6, 6.07) is 62.4. The van der Waals surface area contributed by atoms with Crippen LogP contribution in [0.3, 0.4) is 0 Å². The van der Waals surface area contributed by atoms with Crippen molar-refractivity contribution in [3.8, 4) is 11.1 Å². The van der Waals surface area contributed by atoms with Gasteiger partial charge in [0.1, 0.15) is 0 Å². The van der Waals surface area contributed by atoms with Gasteiger partial charge in [0, 0.05) is 12.3 Å². The summed E-state index contributed by atoms with van der Waals surface area (Å²) >= 11 is 0. The molecule has 0 saturated heterocycles. The molecular weight excluding hydrogens is 518 g/mol. The zero-order valence-corrected chi connectivity index (χ0v) is 24.3. The summed E-state index contributed by atoms with van der Waals surface area (Å²) in [6.45, 7) is 0. The molecular formula is C38H32P2. The third-order valence-corrected chi connectivity index (χ3v) is 12.2. The first kappa shape index (κ1) is 26.4. The molecule has 0 atom stereocenters. The first-order valence-electron chi connectivity index (χ1n) is 13.8. The zero-order chi connectivity index (χ0) is 27.0. The summed E-state index contributed by atoms with van der Waals surface area (Å²) in [5.41, 5.74) is 5.40. The molecule has 0 saturated carbocycles. The van der Waals surface area contributed by atoms with Crippen LogP contribution in [0.15, 0.2) is 170 Å². The minimum atomic E-state index is -0.524. The Morgan fingerprint density at radius 3 is 0.925 bits per heavy atom. The standard InChI is InChI=1S/C38H32P2/c1-6-16-33(17-7-1)34-27-31(29-39(35-18-8-2-9-19-35)36-20-10-3-11-21-36)26-32(28-34)30-40(37-22-12-4-13-23-37)38-24-14-5-15-25-38/h1-28H,29-30H2. The molecule has 0 aliphatic heterocycles. The Morgan fingerprint density at radius 1 is 0.300 bits per heavy atom. The van der Waals surface area contributed by atoms with Gasteiger partial charge in [-0.1, -0.05) is 170 Å². The molecule has 0 amide bonds. The molecule has 0 N–H and O–H groups in total. The van der Waals surface area contributed by atoms with E-state index in [1.165, 1.54) is 43.5 Å². The Hall–Kier alpha value is -3.82. The molecule has 0 spiro atoms. The van der Waals surface area contributed by atoms with Crippen molar-refractivity contribution in [3.63, 3.8) is 0 Å². The molecule has 194 valence electrons. The van der Waals surface area contributed by atoms with E-state index in [1.807, 2.05) is 0 Å². The van der Waals surface area contributed by atoms with Crippen LogP contribution in [0.5, 0.6) is 0 Å². The van der Waals surface area contributed by atoms with Crippen molar-refractivity contribution < 1.29 is 0 Å². The van der Waals surface area contributed by atoms with Crippen molar-refractivity contribution in [2.75, 3.05) is 0 Å². The maximum absolute atomic E-state index is 2.48. The maximum atomic E-state index is 2.48. The molecule has 0 heterocycles. The van der Waals surface area contributed by atoms with Gasteiger partial charge < -0.3 is 0 Å². The van der Waals surface area contributed by atoms with Crippen LogP contribution in [-0.2, 0) is 12.3 Å². The van der Waals surface area contributed by atoms with E-state index in [4.69, 9.17) is 0 Å². The zero-order valence-electron chi connectivity index (χ0n) is 22.5. The van der Waals surface area contributed by atoms with Crippen LogP contribution in [0.2, 0.25) is 0 Å². The molecule has 0 aliphatic carbocycles. The summed E-state index contributed by atoms with van der Waals surface area (Å²) in [7, 11) is -1.05. The number of hydrogen-bond acceptors (Lipinski definition) is 0. The highest BCUT2D eigenvalue weighted by atomic mass is 31.1. The van der Waals surface area contributed by atoms with Gasteiger partial charge in [-0.15, -0.1) is 0 Å². The van der Waals surface area contributed by atoms with Gasteiger partial charge in [-0.05, 0) is 59.3 Å². The summed E-state index contributed by atoms with van der Waals surface area (Å²) in [6.07, 6.45) is 2.04. The van der Waals surface area contributed by atoms with Crippen molar-refractivity contribution in [3.05, 3.63) is 181 Å². The van der Waals surface area contributed by atoms with Gasteiger partial charge in [0.25, 0.3) is 0 Å². The monoisotopic (exact) mass is 550 g/mol. The van der Waals surface area contributed by atoms with Gasteiger partial charge in [0.15, 0.2) is 0 Å².